The van der Waals surface area contributed by atoms with Gasteiger partial charge in [0.2, 0.25) is 0 Å². The molecule has 0 spiro atoms. The van der Waals surface area contributed by atoms with Gasteiger partial charge in [0, 0.05) is 11.2 Å². The molecule has 2 atom stereocenters. The average molecular weight is 187 g/mol. The van der Waals surface area contributed by atoms with E-state index in [2.05, 4.69) is 15.9 Å². The second-order valence-electron chi connectivity index (χ2n) is 1.50. The van der Waals surface area contributed by atoms with Crippen LogP contribution >= 0.6 is 27.5 Å². The lowest BCUT2D eigenvalue weighted by Gasteiger charge is -2.06. The zero-order valence-electron chi connectivity index (χ0n) is 4.06. The topological polar surface area (TPSA) is 20.2 Å². The number of hydrogen-bond donors (Lipinski definition) is 1. The number of halogens is 2. The largest absolute Gasteiger partial charge is 0.377 e. The molecule has 0 aliphatic heterocycles. The van der Waals surface area contributed by atoms with Crippen LogP contribution < -0.4 is 0 Å². The van der Waals surface area contributed by atoms with Gasteiger partial charge in [-0.15, -0.1) is 0 Å². The number of hydrogen-bond acceptors (Lipinski definition) is 1. The highest BCUT2D eigenvalue weighted by molar-refractivity contribution is 9.09. The molecule has 0 fully saturated rings. The van der Waals surface area contributed by atoms with E-state index in [-0.39, 0.29) is 5.92 Å². The van der Waals surface area contributed by atoms with Crippen molar-refractivity contribution in [2.75, 3.05) is 5.33 Å². The molecule has 0 saturated carbocycles. The first-order chi connectivity index (χ1) is 3.18. The maximum atomic E-state index is 8.56. The summed E-state index contributed by atoms with van der Waals surface area (Å²) in [5, 5.41) is 9.30. The van der Waals surface area contributed by atoms with Gasteiger partial charge in [-0.1, -0.05) is 34.5 Å². The maximum Gasteiger partial charge on any atom is 0.131 e. The monoisotopic (exact) mass is 186 g/mol. The molecule has 0 bridgehead atoms. The Hall–Kier alpha value is 0.730. The van der Waals surface area contributed by atoms with Crippen LogP contribution in [0.3, 0.4) is 0 Å². The quantitative estimate of drug-likeness (QED) is 0.651. The first kappa shape index (κ1) is 7.73. The van der Waals surface area contributed by atoms with Crippen LogP contribution in [0.5, 0.6) is 0 Å². The van der Waals surface area contributed by atoms with Gasteiger partial charge in [-0.2, -0.15) is 0 Å². The van der Waals surface area contributed by atoms with E-state index in [0.717, 1.165) is 5.33 Å². The molecule has 1 nitrogen and oxygen atoms in total. The van der Waals surface area contributed by atoms with Crippen molar-refractivity contribution in [1.29, 1.82) is 0 Å². The van der Waals surface area contributed by atoms with Crippen LogP contribution in [-0.2, 0) is 0 Å². The molecule has 0 aliphatic rings. The van der Waals surface area contributed by atoms with Crippen LogP contribution in [0.2, 0.25) is 0 Å². The van der Waals surface area contributed by atoms with Crippen LogP contribution in [0.1, 0.15) is 6.92 Å². The van der Waals surface area contributed by atoms with Gasteiger partial charge in [-0.05, 0) is 0 Å². The molecule has 0 aromatic heterocycles. The Morgan fingerprint density at radius 3 is 2.29 bits per heavy atom. The van der Waals surface area contributed by atoms with Crippen LogP contribution in [0.15, 0.2) is 0 Å². The molecular formula is C4H8BrClO. The molecule has 0 rings (SSSR count). The molecule has 0 radical (unpaired) electrons. The molecule has 44 valence electrons. The Balaban J connectivity index is 3.14. The third kappa shape index (κ3) is 3.32. The fraction of sp³-hybridized carbons (Fsp3) is 1.00. The minimum absolute atomic E-state index is 0.140. The summed E-state index contributed by atoms with van der Waals surface area (Å²) in [6.07, 6.45) is 0. The summed E-state index contributed by atoms with van der Waals surface area (Å²) in [5.41, 5.74) is -0.709. The van der Waals surface area contributed by atoms with Gasteiger partial charge >= 0.3 is 0 Å². The summed E-state index contributed by atoms with van der Waals surface area (Å²) in [4.78, 5) is 0. The first-order valence-corrected chi connectivity index (χ1v) is 3.62. The summed E-state index contributed by atoms with van der Waals surface area (Å²) in [7, 11) is 0. The summed E-state index contributed by atoms with van der Waals surface area (Å²) >= 11 is 8.42. The average Bonchev–Trinajstić information content (AvgIpc) is 1.65. The predicted molar refractivity (Wildman–Crippen MR) is 34.8 cm³/mol. The zero-order chi connectivity index (χ0) is 5.86. The smallest absolute Gasteiger partial charge is 0.131 e. The fourth-order valence-electron chi connectivity index (χ4n) is 0.0735. The van der Waals surface area contributed by atoms with E-state index in [0.29, 0.717) is 0 Å². The Bertz CT molecular complexity index is 49.0. The minimum atomic E-state index is -0.709. The number of aliphatic hydroxyl groups is 1. The molecule has 3 heteroatoms. The molecule has 0 amide bonds. The molecule has 2 unspecified atom stereocenters. The molecule has 7 heavy (non-hydrogen) atoms. The second kappa shape index (κ2) is 3.70. The number of rotatable bonds is 2. The predicted octanol–water partition coefficient (Wildman–Crippen LogP) is 1.57. The minimum Gasteiger partial charge on any atom is -0.377 e. The van der Waals surface area contributed by atoms with Crippen molar-refractivity contribution in [1.82, 2.24) is 0 Å². The lowest BCUT2D eigenvalue weighted by molar-refractivity contribution is 0.208. The normalized spacial score (nSPS) is 18.9. The van der Waals surface area contributed by atoms with E-state index >= 15 is 0 Å². The Kier molecular flexibility index (Phi) is 4.08. The van der Waals surface area contributed by atoms with Gasteiger partial charge in [0.25, 0.3) is 0 Å². The standard InChI is InChI=1S/C4H8BrClO/c1-3(2-5)4(6)7/h3-4,7H,2H2,1H3. The first-order valence-electron chi connectivity index (χ1n) is 2.06. The second-order valence-corrected chi connectivity index (χ2v) is 2.60. The van der Waals surface area contributed by atoms with E-state index in [1.165, 1.54) is 0 Å². The SMILES string of the molecule is CC(CBr)C(O)Cl. The highest BCUT2D eigenvalue weighted by Gasteiger charge is 2.06. The van der Waals surface area contributed by atoms with Crippen molar-refractivity contribution >= 4 is 27.5 Å². The van der Waals surface area contributed by atoms with Crippen molar-refractivity contribution < 1.29 is 5.11 Å². The van der Waals surface area contributed by atoms with E-state index in [1.807, 2.05) is 6.92 Å². The summed E-state index contributed by atoms with van der Waals surface area (Å²) in [5.74, 6) is 0.140. The van der Waals surface area contributed by atoms with E-state index in [1.54, 1.807) is 0 Å². The third-order valence-electron chi connectivity index (χ3n) is 0.713. The molecule has 1 N–H and O–H groups in total. The molecular weight excluding hydrogens is 179 g/mol. The lowest BCUT2D eigenvalue weighted by atomic mass is 10.2. The maximum absolute atomic E-state index is 8.56. The highest BCUT2D eigenvalue weighted by atomic mass is 79.9. The molecule has 0 aromatic rings. The van der Waals surface area contributed by atoms with Crippen molar-refractivity contribution in [2.45, 2.75) is 12.5 Å². The zero-order valence-corrected chi connectivity index (χ0v) is 6.41. The van der Waals surface area contributed by atoms with Crippen LogP contribution in [0.25, 0.3) is 0 Å². The Labute approximate surface area is 56.8 Å². The van der Waals surface area contributed by atoms with Crippen molar-refractivity contribution in [2.24, 2.45) is 5.92 Å². The molecule has 0 heterocycles. The summed E-state index contributed by atoms with van der Waals surface area (Å²) in [6.45, 7) is 1.87. The van der Waals surface area contributed by atoms with Crippen molar-refractivity contribution in [3.05, 3.63) is 0 Å². The van der Waals surface area contributed by atoms with E-state index in [4.69, 9.17) is 16.7 Å². The van der Waals surface area contributed by atoms with Gasteiger partial charge in [-0.3, -0.25) is 0 Å². The van der Waals surface area contributed by atoms with Gasteiger partial charge in [0.15, 0.2) is 0 Å². The van der Waals surface area contributed by atoms with Crippen molar-refractivity contribution in [3.63, 3.8) is 0 Å². The third-order valence-corrected chi connectivity index (χ3v) is 2.16. The van der Waals surface area contributed by atoms with Gasteiger partial charge < -0.3 is 5.11 Å². The summed E-state index contributed by atoms with van der Waals surface area (Å²) < 4.78 is 0. The van der Waals surface area contributed by atoms with Gasteiger partial charge in [0.1, 0.15) is 5.56 Å². The Morgan fingerprint density at radius 2 is 2.29 bits per heavy atom. The van der Waals surface area contributed by atoms with E-state index < -0.39 is 5.56 Å². The molecule has 0 aliphatic carbocycles. The van der Waals surface area contributed by atoms with Crippen LogP contribution in [-0.4, -0.2) is 16.0 Å². The Morgan fingerprint density at radius 1 is 1.86 bits per heavy atom. The van der Waals surface area contributed by atoms with Gasteiger partial charge in [-0.25, -0.2) is 0 Å². The van der Waals surface area contributed by atoms with Crippen molar-refractivity contribution in [3.8, 4) is 0 Å². The lowest BCUT2D eigenvalue weighted by Crippen LogP contribution is -2.10. The van der Waals surface area contributed by atoms with Gasteiger partial charge in [0.05, 0.1) is 0 Å². The van der Waals surface area contributed by atoms with E-state index in [9.17, 15) is 0 Å². The van der Waals surface area contributed by atoms with Crippen LogP contribution in [0.4, 0.5) is 0 Å². The number of alkyl halides is 2. The fourth-order valence-corrected chi connectivity index (χ4v) is 0.732. The summed E-state index contributed by atoms with van der Waals surface area (Å²) in [6, 6.07) is 0. The molecule has 0 saturated heterocycles. The highest BCUT2D eigenvalue weighted by Crippen LogP contribution is 2.08. The molecule has 0 aromatic carbocycles. The van der Waals surface area contributed by atoms with Crippen LogP contribution in [0, 0.1) is 5.92 Å². The number of aliphatic hydroxyl groups excluding tert-OH is 1.